The van der Waals surface area contributed by atoms with Crippen molar-refractivity contribution in [1.29, 1.82) is 0 Å². The van der Waals surface area contributed by atoms with E-state index in [9.17, 15) is 20.4 Å². The lowest BCUT2D eigenvalue weighted by Gasteiger charge is -2.23. The predicted molar refractivity (Wildman–Crippen MR) is 302 cm³/mol. The van der Waals surface area contributed by atoms with Crippen molar-refractivity contribution in [3.63, 3.8) is 0 Å². The standard InChI is InChI=1S/C64H72N4O4/c1-39-23-41-27-49(61(3,4)5)31-45(57(41)69)35-65-53-19-15-17-21-55(53)67-37-47-33-51(63(9,10)11)29-43(59(47)71)25-40(2)26-44-30-52(64(12,13)14)34-48(60(44)72)38-68-56-22-18-16-20-54(56)66-36-46-32-50(62(6,7)8)28-42(24-39)58(46)70/h15-22,27-38,69-72H,1-2,23-26H2,3-14H3. The molecule has 0 amide bonds. The maximum Gasteiger partial charge on any atom is 0.127 e. The fraction of sp³-hybridized carbons (Fsp3) is 0.312. The Bertz CT molecular complexity index is 2770. The van der Waals surface area contributed by atoms with Crippen LogP contribution in [0.3, 0.4) is 0 Å². The lowest BCUT2D eigenvalue weighted by Crippen LogP contribution is -2.13. The van der Waals surface area contributed by atoms with E-state index >= 15 is 0 Å². The number of allylic oxidation sites excluding steroid dienone is 2. The van der Waals surface area contributed by atoms with Gasteiger partial charge in [0.1, 0.15) is 23.0 Å². The summed E-state index contributed by atoms with van der Waals surface area (Å²) in [5.41, 5.74) is 12.0. The molecule has 6 aromatic rings. The highest BCUT2D eigenvalue weighted by atomic mass is 16.3. The van der Waals surface area contributed by atoms with Gasteiger partial charge in [0.2, 0.25) is 0 Å². The molecule has 0 saturated heterocycles. The summed E-state index contributed by atoms with van der Waals surface area (Å²) in [5.74, 6) is 0.409. The van der Waals surface area contributed by atoms with Crippen molar-refractivity contribution in [2.24, 2.45) is 20.0 Å². The molecule has 0 fully saturated rings. The quantitative estimate of drug-likeness (QED) is 0.113. The van der Waals surface area contributed by atoms with E-state index in [1.54, 1.807) is 24.9 Å². The number of hydrogen-bond donors (Lipinski definition) is 4. The summed E-state index contributed by atoms with van der Waals surface area (Å²) in [7, 11) is 0. The van der Waals surface area contributed by atoms with E-state index in [1.165, 1.54) is 0 Å². The van der Waals surface area contributed by atoms with Gasteiger partial charge in [0.15, 0.2) is 0 Å². The third kappa shape index (κ3) is 12.4. The molecule has 0 radical (unpaired) electrons. The van der Waals surface area contributed by atoms with Gasteiger partial charge in [0.05, 0.1) is 22.7 Å². The fourth-order valence-electron chi connectivity index (χ4n) is 8.66. The van der Waals surface area contributed by atoms with Crippen molar-refractivity contribution in [2.45, 2.75) is 130 Å². The first-order valence-corrected chi connectivity index (χ1v) is 24.8. The Morgan fingerprint density at radius 2 is 0.528 bits per heavy atom. The molecule has 1 heterocycles. The van der Waals surface area contributed by atoms with Crippen molar-refractivity contribution in [3.05, 3.63) is 188 Å². The van der Waals surface area contributed by atoms with Crippen LogP contribution in [0.1, 0.15) is 150 Å². The molecule has 4 N–H and O–H groups in total. The maximum atomic E-state index is 11.9. The highest BCUT2D eigenvalue weighted by molar-refractivity contribution is 5.92. The Morgan fingerprint density at radius 3 is 0.708 bits per heavy atom. The topological polar surface area (TPSA) is 130 Å². The second kappa shape index (κ2) is 20.4. The SMILES string of the molecule is C=C1Cc2cc(C(C)(C)C)cc(c2O)C=Nc2ccccc2N=Cc2cc(C(C)(C)C)cc(c2O)CC(=C)Cc2cc(C(C)(C)C)cc(c2O)C=Nc2ccccc2N=Cc2cc(C(C)(C)C)cc(c2O)C1. The third-order valence-corrected chi connectivity index (χ3v) is 13.2. The summed E-state index contributed by atoms with van der Waals surface area (Å²) in [6.07, 6.45) is 8.13. The van der Waals surface area contributed by atoms with Crippen LogP contribution in [0.2, 0.25) is 0 Å². The maximum absolute atomic E-state index is 11.9. The number of para-hydroxylation sites is 4. The van der Waals surface area contributed by atoms with Crippen molar-refractivity contribution in [2.75, 3.05) is 0 Å². The van der Waals surface area contributed by atoms with Crippen LogP contribution in [0.4, 0.5) is 22.7 Å². The van der Waals surface area contributed by atoms with Crippen molar-refractivity contribution >= 4 is 47.6 Å². The number of rotatable bonds is 0. The van der Waals surface area contributed by atoms with E-state index in [0.717, 1.165) is 33.4 Å². The molecule has 8 heteroatoms. The molecule has 1 aliphatic rings. The van der Waals surface area contributed by atoms with E-state index in [0.29, 0.717) is 92.9 Å². The van der Waals surface area contributed by atoms with Gasteiger partial charge in [-0.3, -0.25) is 20.0 Å². The first kappa shape index (κ1) is 52.5. The average Bonchev–Trinajstić information content (AvgIpc) is 3.28. The lowest BCUT2D eigenvalue weighted by atomic mass is 9.82. The van der Waals surface area contributed by atoms with E-state index in [1.807, 2.05) is 97.1 Å². The number of hydrogen-bond acceptors (Lipinski definition) is 8. The van der Waals surface area contributed by atoms with Crippen molar-refractivity contribution in [1.82, 2.24) is 0 Å². The molecule has 8 nitrogen and oxygen atoms in total. The van der Waals surface area contributed by atoms with Gasteiger partial charge < -0.3 is 20.4 Å². The first-order chi connectivity index (χ1) is 33.6. The van der Waals surface area contributed by atoms with E-state index < -0.39 is 0 Å². The summed E-state index contributed by atoms with van der Waals surface area (Å²) in [6.45, 7) is 34.6. The van der Waals surface area contributed by atoms with E-state index in [2.05, 4.69) is 96.2 Å². The Hall–Kier alpha value is -7.32. The molecule has 7 rings (SSSR count). The third-order valence-electron chi connectivity index (χ3n) is 13.2. The van der Waals surface area contributed by atoms with Crippen LogP contribution in [0, 0.1) is 0 Å². The Morgan fingerprint density at radius 1 is 0.333 bits per heavy atom. The minimum Gasteiger partial charge on any atom is -0.507 e. The second-order valence-electron chi connectivity index (χ2n) is 23.5. The van der Waals surface area contributed by atoms with Crippen LogP contribution in [0.5, 0.6) is 23.0 Å². The molecule has 8 bridgehead atoms. The number of benzene rings is 6. The number of phenolic OH excluding ortho intramolecular Hbond substituents is 4. The molecule has 1 aliphatic heterocycles. The van der Waals surface area contributed by atoms with Crippen LogP contribution >= 0.6 is 0 Å². The molecule has 0 aromatic heterocycles. The van der Waals surface area contributed by atoms with Gasteiger partial charge in [-0.25, -0.2) is 0 Å². The minimum absolute atomic E-state index is 0.102. The first-order valence-electron chi connectivity index (χ1n) is 24.8. The summed E-state index contributed by atoms with van der Waals surface area (Å²) in [6, 6.07) is 31.1. The Labute approximate surface area is 427 Å². The summed E-state index contributed by atoms with van der Waals surface area (Å²) >= 11 is 0. The van der Waals surface area contributed by atoms with Gasteiger partial charge in [0.25, 0.3) is 0 Å². The zero-order chi connectivity index (χ0) is 52.5. The molecule has 0 atom stereocenters. The highest BCUT2D eigenvalue weighted by Crippen LogP contribution is 2.39. The zero-order valence-electron chi connectivity index (χ0n) is 44.4. The molecular formula is C64H72N4O4. The van der Waals surface area contributed by atoms with E-state index in [4.69, 9.17) is 20.0 Å². The average molecular weight is 961 g/mol. The number of fused-ring (bicyclic) bond motifs is 10. The van der Waals surface area contributed by atoms with Crippen molar-refractivity contribution in [3.8, 4) is 23.0 Å². The number of aliphatic imine (C=N–C) groups is 4. The molecule has 372 valence electrons. The summed E-state index contributed by atoms with van der Waals surface area (Å²) < 4.78 is 0. The minimum atomic E-state index is -0.250. The van der Waals surface area contributed by atoms with Crippen LogP contribution in [0.25, 0.3) is 0 Å². The van der Waals surface area contributed by atoms with Gasteiger partial charge in [0, 0.05) is 47.1 Å². The van der Waals surface area contributed by atoms with Crippen molar-refractivity contribution < 1.29 is 20.4 Å². The van der Waals surface area contributed by atoms with Gasteiger partial charge in [-0.1, -0.05) is 156 Å². The van der Waals surface area contributed by atoms with Crippen LogP contribution in [-0.4, -0.2) is 45.3 Å². The molecule has 72 heavy (non-hydrogen) atoms. The van der Waals surface area contributed by atoms with Gasteiger partial charge in [-0.15, -0.1) is 0 Å². The molecule has 0 spiro atoms. The smallest absolute Gasteiger partial charge is 0.127 e. The molecule has 0 saturated carbocycles. The molecule has 0 unspecified atom stereocenters. The Balaban J connectivity index is 1.41. The number of phenols is 4. The van der Waals surface area contributed by atoms with Crippen LogP contribution < -0.4 is 0 Å². The fourth-order valence-corrected chi connectivity index (χ4v) is 8.66. The van der Waals surface area contributed by atoms with Gasteiger partial charge in [-0.2, -0.15) is 0 Å². The Kier molecular flexibility index (Phi) is 14.9. The largest absolute Gasteiger partial charge is 0.507 e. The lowest BCUT2D eigenvalue weighted by molar-refractivity contribution is 0.464. The summed E-state index contributed by atoms with van der Waals surface area (Å²) in [4.78, 5) is 19.6. The van der Waals surface area contributed by atoms with E-state index in [-0.39, 0.29) is 44.7 Å². The zero-order valence-corrected chi connectivity index (χ0v) is 44.4. The van der Waals surface area contributed by atoms with Gasteiger partial charge in [-0.05, 0) is 140 Å². The monoisotopic (exact) mass is 961 g/mol. The highest BCUT2D eigenvalue weighted by Gasteiger charge is 2.24. The van der Waals surface area contributed by atoms with Crippen LogP contribution in [0.15, 0.2) is 141 Å². The number of nitrogens with zero attached hydrogens (tertiary/aromatic N) is 4. The van der Waals surface area contributed by atoms with Gasteiger partial charge >= 0.3 is 0 Å². The van der Waals surface area contributed by atoms with Crippen LogP contribution in [-0.2, 0) is 47.3 Å². The molecule has 6 aromatic carbocycles. The second-order valence-corrected chi connectivity index (χ2v) is 23.5. The molecule has 0 aliphatic carbocycles. The predicted octanol–water partition coefficient (Wildman–Crippen LogP) is 15.7. The molecular weight excluding hydrogens is 889 g/mol. The summed E-state index contributed by atoms with van der Waals surface area (Å²) in [5, 5.41) is 47.8. The number of aromatic hydroxyl groups is 4. The normalized spacial score (nSPS) is 14.2.